The molecule has 8 aromatic carbocycles. The molecule has 10 aromatic rings. The second kappa shape index (κ2) is 11.6. The van der Waals surface area contributed by atoms with Crippen LogP contribution in [-0.4, -0.2) is 9.97 Å². The monoisotopic (exact) mass is 716 g/mol. The van der Waals surface area contributed by atoms with E-state index in [1.54, 1.807) is 0 Å². The van der Waals surface area contributed by atoms with Crippen LogP contribution in [-0.2, 0) is 11.8 Å². The molecule has 0 atom stereocenters. The molecule has 0 aliphatic heterocycles. The third-order valence-electron chi connectivity index (χ3n) is 12.6. The highest BCUT2D eigenvalue weighted by molar-refractivity contribution is 6.23. The summed E-state index contributed by atoms with van der Waals surface area (Å²) in [5.74, 6) is 0. The zero-order chi connectivity index (χ0) is 37.1. The molecule has 56 heavy (non-hydrogen) atoms. The second-order valence-electron chi connectivity index (χ2n) is 16.0. The molecule has 0 saturated heterocycles. The van der Waals surface area contributed by atoms with Gasteiger partial charge in [-0.05, 0) is 86.3 Å². The maximum atomic E-state index is 7.16. The van der Waals surface area contributed by atoms with Crippen LogP contribution in [0.4, 0.5) is 0 Å². The number of allylic oxidation sites excluding steroid dienone is 1. The van der Waals surface area contributed by atoms with Gasteiger partial charge < -0.3 is 4.42 Å². The van der Waals surface area contributed by atoms with Gasteiger partial charge in [0.1, 0.15) is 11.2 Å². The van der Waals surface area contributed by atoms with E-state index in [0.29, 0.717) is 0 Å². The zero-order valence-electron chi connectivity index (χ0n) is 31.2. The number of benzene rings is 8. The summed E-state index contributed by atoms with van der Waals surface area (Å²) in [5, 5.41) is 7.02. The van der Waals surface area contributed by atoms with E-state index in [2.05, 4.69) is 166 Å². The average Bonchev–Trinajstić information content (AvgIpc) is 3.76. The van der Waals surface area contributed by atoms with Gasteiger partial charge in [0.15, 0.2) is 0 Å². The molecule has 3 heteroatoms. The maximum Gasteiger partial charge on any atom is 0.143 e. The third-order valence-corrected chi connectivity index (χ3v) is 12.6. The summed E-state index contributed by atoms with van der Waals surface area (Å²) in [5.41, 5.74) is 18.1. The lowest BCUT2D eigenvalue weighted by Crippen LogP contribution is -2.14. The number of rotatable bonds is 3. The van der Waals surface area contributed by atoms with E-state index in [9.17, 15) is 0 Å². The van der Waals surface area contributed by atoms with Gasteiger partial charge in [0.05, 0.1) is 22.9 Å². The first-order valence-corrected chi connectivity index (χ1v) is 19.6. The van der Waals surface area contributed by atoms with E-state index in [1.807, 2.05) is 6.20 Å². The van der Waals surface area contributed by atoms with Gasteiger partial charge in [-0.3, -0.25) is 4.98 Å². The summed E-state index contributed by atoms with van der Waals surface area (Å²) in [6, 6.07) is 50.5. The number of aromatic nitrogens is 2. The summed E-state index contributed by atoms with van der Waals surface area (Å²) < 4.78 is 7.16. The van der Waals surface area contributed by atoms with Gasteiger partial charge in [-0.15, -0.1) is 0 Å². The highest BCUT2D eigenvalue weighted by atomic mass is 16.3. The normalized spacial score (nSPS) is 14.2. The van der Waals surface area contributed by atoms with Gasteiger partial charge in [0, 0.05) is 43.7 Å². The van der Waals surface area contributed by atoms with Crippen LogP contribution in [0, 0.1) is 0 Å². The molecule has 2 aliphatic rings. The minimum absolute atomic E-state index is 0.0858. The fourth-order valence-corrected chi connectivity index (χ4v) is 9.84. The Morgan fingerprint density at radius 1 is 0.536 bits per heavy atom. The molecule has 0 saturated carbocycles. The molecule has 2 heterocycles. The Balaban J connectivity index is 1.04. The van der Waals surface area contributed by atoms with Crippen LogP contribution in [0.2, 0.25) is 0 Å². The van der Waals surface area contributed by atoms with E-state index >= 15 is 0 Å². The number of hydrogen-bond donors (Lipinski definition) is 0. The first-order valence-electron chi connectivity index (χ1n) is 19.6. The second-order valence-corrected chi connectivity index (χ2v) is 16.0. The predicted molar refractivity (Wildman–Crippen MR) is 233 cm³/mol. The molecule has 0 unspecified atom stereocenters. The van der Waals surface area contributed by atoms with Gasteiger partial charge in [0.25, 0.3) is 0 Å². The molecule has 0 radical (unpaired) electrons. The molecule has 2 aromatic heterocycles. The smallest absolute Gasteiger partial charge is 0.143 e. The fraction of sp³-hybridized carbons (Fsp3) is 0.0943. The number of aryl methyl sites for hydroxylation is 1. The molecular weight excluding hydrogens is 681 g/mol. The molecule has 3 nitrogen and oxygen atoms in total. The van der Waals surface area contributed by atoms with Crippen LogP contribution in [0.15, 0.2) is 156 Å². The number of para-hydroxylation sites is 1. The van der Waals surface area contributed by atoms with Crippen LogP contribution in [0.3, 0.4) is 0 Å². The summed E-state index contributed by atoms with van der Waals surface area (Å²) >= 11 is 0. The number of fused-ring (bicyclic) bond motifs is 14. The Kier molecular flexibility index (Phi) is 6.52. The maximum absolute atomic E-state index is 7.16. The van der Waals surface area contributed by atoms with Crippen molar-refractivity contribution in [2.24, 2.45) is 0 Å². The highest BCUT2D eigenvalue weighted by Crippen LogP contribution is 2.51. The van der Waals surface area contributed by atoms with Crippen molar-refractivity contribution in [2.75, 3.05) is 0 Å². The SMILES string of the molecule is CC1(C)c2ccccc2-c2ccc(-c3cc4c(c5c3oc3c(-c6cccc(-c7cnc8c9ccccc9c9ccccc9c8n7)c6)cccc35)CCC=C4)cc21. The van der Waals surface area contributed by atoms with E-state index in [0.717, 1.165) is 79.1 Å². The number of furan rings is 1. The zero-order valence-corrected chi connectivity index (χ0v) is 31.2. The Morgan fingerprint density at radius 3 is 2.07 bits per heavy atom. The first kappa shape index (κ1) is 31.5. The number of nitrogens with zero attached hydrogens (tertiary/aromatic N) is 2. The van der Waals surface area contributed by atoms with Crippen molar-refractivity contribution >= 4 is 60.6 Å². The lowest BCUT2D eigenvalue weighted by Gasteiger charge is -2.22. The standard InChI is InChI=1S/C53H36N2O/c1-53(2)45-24-10-9-19-39(45)40-26-25-33(29-46(40)53)44-28-32-13-3-4-16-35(32)48-43-23-12-22-36(51(43)56-52(44)48)31-14-11-15-34(27-31)47-30-54-49-41-20-7-5-17-37(41)38-18-6-8-21-42(38)50(49)55-47/h3,5-15,17-30H,4,16H2,1-2H3. The molecule has 264 valence electrons. The van der Waals surface area contributed by atoms with E-state index in [1.165, 1.54) is 55.1 Å². The summed E-state index contributed by atoms with van der Waals surface area (Å²) in [6.45, 7) is 4.70. The van der Waals surface area contributed by atoms with Crippen LogP contribution < -0.4 is 0 Å². The van der Waals surface area contributed by atoms with Gasteiger partial charge in [0.2, 0.25) is 0 Å². The van der Waals surface area contributed by atoms with Crippen molar-refractivity contribution in [3.05, 3.63) is 174 Å². The minimum atomic E-state index is -0.0858. The van der Waals surface area contributed by atoms with Gasteiger partial charge in [-0.1, -0.05) is 147 Å². The lowest BCUT2D eigenvalue weighted by atomic mass is 9.81. The first-order chi connectivity index (χ1) is 27.5. The summed E-state index contributed by atoms with van der Waals surface area (Å²) in [6.07, 6.45) is 8.55. The molecule has 0 bridgehead atoms. The predicted octanol–water partition coefficient (Wildman–Crippen LogP) is 14.1. The highest BCUT2D eigenvalue weighted by Gasteiger charge is 2.35. The van der Waals surface area contributed by atoms with Crippen LogP contribution >= 0.6 is 0 Å². The van der Waals surface area contributed by atoms with Gasteiger partial charge >= 0.3 is 0 Å². The van der Waals surface area contributed by atoms with Gasteiger partial charge in [-0.25, -0.2) is 4.98 Å². The van der Waals surface area contributed by atoms with Crippen molar-refractivity contribution in [2.45, 2.75) is 32.1 Å². The molecule has 0 amide bonds. The van der Waals surface area contributed by atoms with Crippen molar-refractivity contribution < 1.29 is 4.42 Å². The Bertz CT molecular complexity index is 3310. The van der Waals surface area contributed by atoms with E-state index < -0.39 is 0 Å². The molecular formula is C53H36N2O. The Labute approximate surface area is 324 Å². The fourth-order valence-electron chi connectivity index (χ4n) is 9.84. The molecule has 0 fully saturated rings. The topological polar surface area (TPSA) is 38.9 Å². The lowest BCUT2D eigenvalue weighted by molar-refractivity contribution is 0.660. The van der Waals surface area contributed by atoms with Crippen LogP contribution in [0.1, 0.15) is 42.5 Å². The van der Waals surface area contributed by atoms with E-state index in [-0.39, 0.29) is 5.41 Å². The van der Waals surface area contributed by atoms with Crippen molar-refractivity contribution in [1.29, 1.82) is 0 Å². The van der Waals surface area contributed by atoms with E-state index in [4.69, 9.17) is 14.4 Å². The molecule has 0 spiro atoms. The number of hydrogen-bond acceptors (Lipinski definition) is 3. The molecule has 12 rings (SSSR count). The quantitative estimate of drug-likeness (QED) is 0.171. The van der Waals surface area contributed by atoms with Crippen LogP contribution in [0.5, 0.6) is 0 Å². The average molecular weight is 717 g/mol. The Morgan fingerprint density at radius 2 is 1.21 bits per heavy atom. The van der Waals surface area contributed by atoms with Crippen molar-refractivity contribution in [3.8, 4) is 44.6 Å². The largest absolute Gasteiger partial charge is 0.455 e. The minimum Gasteiger partial charge on any atom is -0.455 e. The Hall–Kier alpha value is -6.84. The molecule has 0 N–H and O–H groups in total. The van der Waals surface area contributed by atoms with Gasteiger partial charge in [-0.2, -0.15) is 0 Å². The van der Waals surface area contributed by atoms with Crippen LogP contribution in [0.25, 0.3) is 105 Å². The van der Waals surface area contributed by atoms with Crippen molar-refractivity contribution in [3.63, 3.8) is 0 Å². The third kappa shape index (κ3) is 4.40. The molecule has 2 aliphatic carbocycles. The van der Waals surface area contributed by atoms with Crippen molar-refractivity contribution in [1.82, 2.24) is 9.97 Å². The summed E-state index contributed by atoms with van der Waals surface area (Å²) in [4.78, 5) is 10.4. The summed E-state index contributed by atoms with van der Waals surface area (Å²) in [7, 11) is 0.